The first-order valence-corrected chi connectivity index (χ1v) is 6.20. The van der Waals surface area contributed by atoms with Gasteiger partial charge in [-0.3, -0.25) is 4.79 Å². The van der Waals surface area contributed by atoms with E-state index < -0.39 is 0 Å². The average Bonchev–Trinajstić information content (AvgIpc) is 2.29. The molecule has 0 atom stereocenters. The third-order valence-electron chi connectivity index (χ3n) is 3.55. The smallest absolute Gasteiger partial charge is 0.253 e. The molecule has 1 saturated carbocycles. The molecule has 0 heterocycles. The molecule has 1 aliphatic carbocycles. The van der Waals surface area contributed by atoms with Crippen molar-refractivity contribution < 1.29 is 15.0 Å². The van der Waals surface area contributed by atoms with Crippen molar-refractivity contribution in [2.75, 3.05) is 13.6 Å². The third kappa shape index (κ3) is 2.64. The van der Waals surface area contributed by atoms with Crippen molar-refractivity contribution >= 4 is 5.91 Å². The number of amides is 1. The lowest BCUT2D eigenvalue weighted by atomic mass is 9.82. The van der Waals surface area contributed by atoms with Crippen LogP contribution >= 0.6 is 0 Å². The van der Waals surface area contributed by atoms with Crippen LogP contribution in [0, 0.1) is 12.8 Å². The number of aryl methyl sites for hydroxylation is 1. The van der Waals surface area contributed by atoms with Crippen molar-refractivity contribution in [2.45, 2.75) is 25.9 Å². The molecule has 4 nitrogen and oxygen atoms in total. The number of hydrogen-bond acceptors (Lipinski definition) is 3. The zero-order valence-electron chi connectivity index (χ0n) is 10.8. The molecule has 2 N–H and O–H groups in total. The van der Waals surface area contributed by atoms with Gasteiger partial charge in [0.05, 0.1) is 6.10 Å². The molecular formula is C14H19NO3. The Balaban J connectivity index is 1.99. The second kappa shape index (κ2) is 4.98. The Kier molecular flexibility index (Phi) is 3.57. The normalized spacial score (nSPS) is 22.4. The highest BCUT2D eigenvalue weighted by Gasteiger charge is 2.29. The molecule has 1 fully saturated rings. The van der Waals surface area contributed by atoms with Crippen molar-refractivity contribution in [1.29, 1.82) is 0 Å². The lowest BCUT2D eigenvalue weighted by Gasteiger charge is -2.34. The fourth-order valence-corrected chi connectivity index (χ4v) is 2.28. The zero-order chi connectivity index (χ0) is 13.3. The molecule has 0 bridgehead atoms. The van der Waals surface area contributed by atoms with Crippen molar-refractivity contribution in [3.05, 3.63) is 29.3 Å². The number of rotatable bonds is 3. The van der Waals surface area contributed by atoms with Crippen molar-refractivity contribution in [3.63, 3.8) is 0 Å². The summed E-state index contributed by atoms with van der Waals surface area (Å²) in [5.41, 5.74) is 1.26. The number of phenols is 1. The van der Waals surface area contributed by atoms with Gasteiger partial charge >= 0.3 is 0 Å². The van der Waals surface area contributed by atoms with E-state index in [0.29, 0.717) is 18.0 Å². The van der Waals surface area contributed by atoms with Gasteiger partial charge in [0.25, 0.3) is 5.91 Å². The number of carbonyl (C=O) groups excluding carboxylic acids is 1. The van der Waals surface area contributed by atoms with Crippen LogP contribution in [-0.2, 0) is 0 Å². The lowest BCUT2D eigenvalue weighted by Crippen LogP contribution is -2.39. The summed E-state index contributed by atoms with van der Waals surface area (Å²) in [7, 11) is 1.75. The molecule has 0 saturated heterocycles. The number of aliphatic hydroxyl groups excluding tert-OH is 1. The van der Waals surface area contributed by atoms with E-state index >= 15 is 0 Å². The Bertz CT molecular complexity index is 452. The van der Waals surface area contributed by atoms with Crippen molar-refractivity contribution in [3.8, 4) is 5.75 Å². The van der Waals surface area contributed by atoms with Crippen LogP contribution in [0.2, 0.25) is 0 Å². The summed E-state index contributed by atoms with van der Waals surface area (Å²) in [6.45, 7) is 2.45. The molecule has 1 amide bonds. The van der Waals surface area contributed by atoms with Gasteiger partial charge in [0.1, 0.15) is 5.75 Å². The average molecular weight is 249 g/mol. The second-order valence-electron chi connectivity index (χ2n) is 5.18. The number of hydrogen-bond donors (Lipinski definition) is 2. The second-order valence-corrected chi connectivity index (χ2v) is 5.18. The standard InChI is InChI=1S/C14H19NO3/c1-9-3-4-11(7-13(9)17)14(18)15(2)8-10-5-12(16)6-10/h3-4,7,10,12,16-17H,5-6,8H2,1-2H3. The molecule has 0 spiro atoms. The maximum Gasteiger partial charge on any atom is 0.253 e. The Morgan fingerprint density at radius 1 is 1.44 bits per heavy atom. The Morgan fingerprint density at radius 3 is 2.67 bits per heavy atom. The van der Waals surface area contributed by atoms with E-state index in [-0.39, 0.29) is 17.8 Å². The van der Waals surface area contributed by atoms with Crippen LogP contribution in [0.15, 0.2) is 18.2 Å². The Morgan fingerprint density at radius 2 is 2.11 bits per heavy atom. The predicted molar refractivity (Wildman–Crippen MR) is 68.5 cm³/mol. The van der Waals surface area contributed by atoms with Gasteiger partial charge < -0.3 is 15.1 Å². The molecule has 0 radical (unpaired) electrons. The molecule has 1 aromatic rings. The van der Waals surface area contributed by atoms with E-state index in [1.54, 1.807) is 31.0 Å². The first-order chi connectivity index (χ1) is 8.47. The Hall–Kier alpha value is -1.55. The molecule has 4 heteroatoms. The van der Waals surface area contributed by atoms with Crippen LogP contribution in [-0.4, -0.2) is 40.7 Å². The van der Waals surface area contributed by atoms with Crippen LogP contribution in [0.3, 0.4) is 0 Å². The Labute approximate surface area is 107 Å². The first-order valence-electron chi connectivity index (χ1n) is 6.20. The summed E-state index contributed by atoms with van der Waals surface area (Å²) in [4.78, 5) is 13.8. The minimum Gasteiger partial charge on any atom is -0.508 e. The number of benzene rings is 1. The van der Waals surface area contributed by atoms with E-state index in [9.17, 15) is 15.0 Å². The molecule has 2 rings (SSSR count). The van der Waals surface area contributed by atoms with Gasteiger partial charge in [-0.15, -0.1) is 0 Å². The molecule has 98 valence electrons. The molecule has 1 aliphatic rings. The van der Waals surface area contributed by atoms with Gasteiger partial charge in [-0.25, -0.2) is 0 Å². The summed E-state index contributed by atoms with van der Waals surface area (Å²) in [5.74, 6) is 0.452. The SMILES string of the molecule is Cc1ccc(C(=O)N(C)CC2CC(O)C2)cc1O. The van der Waals surface area contributed by atoms with E-state index in [4.69, 9.17) is 0 Å². The number of aliphatic hydroxyl groups is 1. The fourth-order valence-electron chi connectivity index (χ4n) is 2.28. The first kappa shape index (κ1) is 12.9. The highest BCUT2D eigenvalue weighted by molar-refractivity contribution is 5.94. The van der Waals surface area contributed by atoms with Gasteiger partial charge in [0, 0.05) is 19.2 Å². The van der Waals surface area contributed by atoms with E-state index in [1.165, 1.54) is 6.07 Å². The third-order valence-corrected chi connectivity index (χ3v) is 3.55. The predicted octanol–water partition coefficient (Wildman–Crippen LogP) is 1.54. The number of carbonyl (C=O) groups is 1. The van der Waals surface area contributed by atoms with E-state index in [2.05, 4.69) is 0 Å². The number of phenolic OH excluding ortho intramolecular Hbond substituents is 1. The minimum absolute atomic E-state index is 0.0910. The summed E-state index contributed by atoms with van der Waals surface area (Å²) < 4.78 is 0. The van der Waals surface area contributed by atoms with Gasteiger partial charge in [-0.05, 0) is 43.4 Å². The van der Waals surface area contributed by atoms with Crippen LogP contribution < -0.4 is 0 Å². The van der Waals surface area contributed by atoms with Crippen molar-refractivity contribution in [1.82, 2.24) is 4.90 Å². The number of nitrogens with zero attached hydrogens (tertiary/aromatic N) is 1. The maximum absolute atomic E-state index is 12.1. The van der Waals surface area contributed by atoms with Crippen LogP contribution in [0.1, 0.15) is 28.8 Å². The summed E-state index contributed by atoms with van der Waals surface area (Å²) in [6.07, 6.45) is 1.36. The molecular weight excluding hydrogens is 230 g/mol. The van der Waals surface area contributed by atoms with Crippen LogP contribution in [0.5, 0.6) is 5.75 Å². The maximum atomic E-state index is 12.1. The van der Waals surface area contributed by atoms with Crippen LogP contribution in [0.25, 0.3) is 0 Å². The molecule has 0 aliphatic heterocycles. The molecule has 0 unspecified atom stereocenters. The van der Waals surface area contributed by atoms with Gasteiger partial charge in [-0.2, -0.15) is 0 Å². The van der Waals surface area contributed by atoms with E-state index in [0.717, 1.165) is 18.4 Å². The van der Waals surface area contributed by atoms with Crippen LogP contribution in [0.4, 0.5) is 0 Å². The van der Waals surface area contributed by atoms with Gasteiger partial charge in [-0.1, -0.05) is 6.07 Å². The molecule has 1 aromatic carbocycles. The summed E-state index contributed by atoms with van der Waals surface area (Å²) >= 11 is 0. The molecule has 18 heavy (non-hydrogen) atoms. The quantitative estimate of drug-likeness (QED) is 0.854. The number of aromatic hydroxyl groups is 1. The zero-order valence-corrected chi connectivity index (χ0v) is 10.8. The lowest BCUT2D eigenvalue weighted by molar-refractivity contribution is 0.0265. The largest absolute Gasteiger partial charge is 0.508 e. The highest BCUT2D eigenvalue weighted by Crippen LogP contribution is 2.28. The topological polar surface area (TPSA) is 60.8 Å². The van der Waals surface area contributed by atoms with Crippen molar-refractivity contribution in [2.24, 2.45) is 5.92 Å². The van der Waals surface area contributed by atoms with Gasteiger partial charge in [0.2, 0.25) is 0 Å². The fraction of sp³-hybridized carbons (Fsp3) is 0.500. The van der Waals surface area contributed by atoms with Gasteiger partial charge in [0.15, 0.2) is 0 Å². The summed E-state index contributed by atoms with van der Waals surface area (Å²) in [5, 5.41) is 18.8. The minimum atomic E-state index is -0.193. The molecule has 0 aromatic heterocycles. The summed E-state index contributed by atoms with van der Waals surface area (Å²) in [6, 6.07) is 4.97. The highest BCUT2D eigenvalue weighted by atomic mass is 16.3. The van der Waals surface area contributed by atoms with E-state index in [1.807, 2.05) is 0 Å². The monoisotopic (exact) mass is 249 g/mol.